The van der Waals surface area contributed by atoms with Crippen LogP contribution in [0.15, 0.2) is 53.4 Å². The molecular weight excluding hydrogens is 296 g/mol. The second kappa shape index (κ2) is 6.73. The van der Waals surface area contributed by atoms with Crippen molar-refractivity contribution in [2.24, 2.45) is 0 Å². The lowest BCUT2D eigenvalue weighted by molar-refractivity contribution is 0.550. The zero-order chi connectivity index (χ0) is 16.2. The quantitative estimate of drug-likeness (QED) is 0.920. The van der Waals surface area contributed by atoms with Crippen LogP contribution in [-0.2, 0) is 10.0 Å². The monoisotopic (exact) mass is 314 g/mol. The summed E-state index contributed by atoms with van der Waals surface area (Å²) in [6.07, 6.45) is 0.651. The minimum atomic E-state index is -3.61. The Morgan fingerprint density at radius 3 is 2.18 bits per heavy atom. The van der Waals surface area contributed by atoms with Crippen LogP contribution in [0.4, 0.5) is 0 Å². The van der Waals surface area contributed by atoms with E-state index in [1.165, 1.54) is 24.3 Å². The fourth-order valence-corrected chi connectivity index (χ4v) is 3.46. The lowest BCUT2D eigenvalue weighted by Crippen LogP contribution is -2.28. The van der Waals surface area contributed by atoms with E-state index in [9.17, 15) is 8.42 Å². The van der Waals surface area contributed by atoms with E-state index in [2.05, 4.69) is 4.72 Å². The summed E-state index contributed by atoms with van der Waals surface area (Å²) in [5.74, 6) is 0. The van der Waals surface area contributed by atoms with Crippen molar-refractivity contribution in [2.45, 2.75) is 31.2 Å². The predicted octanol–water partition coefficient (Wildman–Crippen LogP) is 3.30. The number of nitrogens with one attached hydrogen (secondary N) is 1. The van der Waals surface area contributed by atoms with Gasteiger partial charge in [-0.15, -0.1) is 0 Å². The van der Waals surface area contributed by atoms with Crippen LogP contribution in [0.2, 0.25) is 0 Å². The summed E-state index contributed by atoms with van der Waals surface area (Å²) < 4.78 is 27.6. The summed E-state index contributed by atoms with van der Waals surface area (Å²) in [4.78, 5) is 0.164. The van der Waals surface area contributed by atoms with Crippen LogP contribution in [0.25, 0.3) is 0 Å². The lowest BCUT2D eigenvalue weighted by Gasteiger charge is -2.18. The maximum atomic E-state index is 12.4. The van der Waals surface area contributed by atoms with Gasteiger partial charge in [0.05, 0.1) is 16.5 Å². The van der Waals surface area contributed by atoms with Crippen LogP contribution in [0, 0.1) is 18.3 Å². The van der Waals surface area contributed by atoms with Crippen LogP contribution >= 0.6 is 0 Å². The van der Waals surface area contributed by atoms with Gasteiger partial charge in [-0.2, -0.15) is 5.26 Å². The summed E-state index contributed by atoms with van der Waals surface area (Å²) in [5.41, 5.74) is 2.50. The topological polar surface area (TPSA) is 70.0 Å². The highest BCUT2D eigenvalue weighted by Crippen LogP contribution is 2.21. The Morgan fingerprint density at radius 2 is 1.68 bits per heavy atom. The zero-order valence-corrected chi connectivity index (χ0v) is 13.4. The molecule has 2 aromatic carbocycles. The molecule has 5 heteroatoms. The van der Waals surface area contributed by atoms with Gasteiger partial charge in [-0.25, -0.2) is 13.1 Å². The molecule has 0 spiro atoms. The van der Waals surface area contributed by atoms with Gasteiger partial charge in [-0.05, 0) is 43.2 Å². The van der Waals surface area contributed by atoms with Crippen molar-refractivity contribution in [3.63, 3.8) is 0 Å². The van der Waals surface area contributed by atoms with Crippen LogP contribution in [0.1, 0.15) is 36.1 Å². The molecule has 0 heterocycles. The molecule has 0 bridgehead atoms. The fourth-order valence-electron chi connectivity index (χ4n) is 2.15. The van der Waals surface area contributed by atoms with E-state index in [0.29, 0.717) is 12.0 Å². The molecule has 4 nitrogen and oxygen atoms in total. The van der Waals surface area contributed by atoms with E-state index in [1.807, 2.05) is 44.2 Å². The highest BCUT2D eigenvalue weighted by molar-refractivity contribution is 7.89. The van der Waals surface area contributed by atoms with Gasteiger partial charge in [0.15, 0.2) is 0 Å². The van der Waals surface area contributed by atoms with E-state index in [-0.39, 0.29) is 10.9 Å². The summed E-state index contributed by atoms with van der Waals surface area (Å²) in [7, 11) is -3.61. The standard InChI is InChI=1S/C17H18N2O2S/c1-3-17(15-8-4-13(2)5-9-15)19-22(20,21)16-10-6-14(12-18)7-11-16/h4-11,17,19H,3H2,1-2H3. The molecule has 0 aliphatic carbocycles. The number of sulfonamides is 1. The number of aryl methyl sites for hydroxylation is 1. The first-order valence-electron chi connectivity index (χ1n) is 7.05. The minimum absolute atomic E-state index is 0.164. The number of rotatable bonds is 5. The van der Waals surface area contributed by atoms with Gasteiger partial charge in [0, 0.05) is 6.04 Å². The highest BCUT2D eigenvalue weighted by Gasteiger charge is 2.20. The number of hydrogen-bond acceptors (Lipinski definition) is 3. The van der Waals surface area contributed by atoms with E-state index in [0.717, 1.165) is 11.1 Å². The molecule has 0 fully saturated rings. The molecule has 2 aromatic rings. The first-order chi connectivity index (χ1) is 10.5. The SMILES string of the molecule is CCC(NS(=O)(=O)c1ccc(C#N)cc1)c1ccc(C)cc1. The van der Waals surface area contributed by atoms with Gasteiger partial charge in [0.2, 0.25) is 10.0 Å². The van der Waals surface area contributed by atoms with Gasteiger partial charge in [0.25, 0.3) is 0 Å². The second-order valence-electron chi connectivity index (χ2n) is 5.13. The number of benzene rings is 2. The van der Waals surface area contributed by atoms with Crippen LogP contribution in [0.5, 0.6) is 0 Å². The molecule has 22 heavy (non-hydrogen) atoms. The first-order valence-corrected chi connectivity index (χ1v) is 8.53. The van der Waals surface area contributed by atoms with E-state index in [1.54, 1.807) is 0 Å². The van der Waals surface area contributed by atoms with Crippen LogP contribution in [-0.4, -0.2) is 8.42 Å². The van der Waals surface area contributed by atoms with Crippen molar-refractivity contribution in [2.75, 3.05) is 0 Å². The van der Waals surface area contributed by atoms with E-state index in [4.69, 9.17) is 5.26 Å². The second-order valence-corrected chi connectivity index (χ2v) is 6.84. The zero-order valence-electron chi connectivity index (χ0n) is 12.6. The Hall–Kier alpha value is -2.16. The van der Waals surface area contributed by atoms with Gasteiger partial charge < -0.3 is 0 Å². The molecule has 0 saturated heterocycles. The van der Waals surface area contributed by atoms with Crippen molar-refractivity contribution >= 4 is 10.0 Å². The van der Waals surface area contributed by atoms with Crippen molar-refractivity contribution in [3.8, 4) is 6.07 Å². The molecular formula is C17H18N2O2S. The van der Waals surface area contributed by atoms with Gasteiger partial charge >= 0.3 is 0 Å². The molecule has 0 aliphatic heterocycles. The fraction of sp³-hybridized carbons (Fsp3) is 0.235. The third-order valence-corrected chi connectivity index (χ3v) is 4.97. The third kappa shape index (κ3) is 3.73. The summed E-state index contributed by atoms with van der Waals surface area (Å²) in [6, 6.07) is 15.4. The average Bonchev–Trinajstić information content (AvgIpc) is 2.53. The number of nitrogens with zero attached hydrogens (tertiary/aromatic N) is 1. The Balaban J connectivity index is 2.25. The first kappa shape index (κ1) is 16.2. The van der Waals surface area contributed by atoms with Gasteiger partial charge in [-0.3, -0.25) is 0 Å². The van der Waals surface area contributed by atoms with Crippen molar-refractivity contribution < 1.29 is 8.42 Å². The highest BCUT2D eigenvalue weighted by atomic mass is 32.2. The Morgan fingerprint density at radius 1 is 1.09 bits per heavy atom. The Labute approximate surface area is 131 Å². The molecule has 0 aromatic heterocycles. The molecule has 0 amide bonds. The number of nitriles is 1. The largest absolute Gasteiger partial charge is 0.241 e. The van der Waals surface area contributed by atoms with Gasteiger partial charge in [-0.1, -0.05) is 36.8 Å². The molecule has 2 rings (SSSR count). The Kier molecular flexibility index (Phi) is 4.96. The molecule has 114 valence electrons. The van der Waals surface area contributed by atoms with Gasteiger partial charge in [0.1, 0.15) is 0 Å². The van der Waals surface area contributed by atoms with E-state index >= 15 is 0 Å². The molecule has 0 saturated carbocycles. The summed E-state index contributed by atoms with van der Waals surface area (Å²) in [6.45, 7) is 3.93. The lowest BCUT2D eigenvalue weighted by atomic mass is 10.0. The van der Waals surface area contributed by atoms with Crippen LogP contribution in [0.3, 0.4) is 0 Å². The van der Waals surface area contributed by atoms with E-state index < -0.39 is 10.0 Å². The third-order valence-electron chi connectivity index (χ3n) is 3.48. The van der Waals surface area contributed by atoms with Crippen molar-refractivity contribution in [1.82, 2.24) is 4.72 Å². The maximum absolute atomic E-state index is 12.4. The molecule has 0 aliphatic rings. The minimum Gasteiger partial charge on any atom is -0.207 e. The number of hydrogen-bond donors (Lipinski definition) is 1. The summed E-state index contributed by atoms with van der Waals surface area (Å²) >= 11 is 0. The molecule has 1 unspecified atom stereocenters. The van der Waals surface area contributed by atoms with Crippen molar-refractivity contribution in [1.29, 1.82) is 5.26 Å². The Bertz CT molecular complexity index is 773. The predicted molar refractivity (Wildman–Crippen MR) is 85.7 cm³/mol. The smallest absolute Gasteiger partial charge is 0.207 e. The van der Waals surface area contributed by atoms with Crippen LogP contribution < -0.4 is 4.72 Å². The molecule has 1 N–H and O–H groups in total. The maximum Gasteiger partial charge on any atom is 0.241 e. The average molecular weight is 314 g/mol. The normalized spacial score (nSPS) is 12.6. The molecule has 1 atom stereocenters. The molecule has 0 radical (unpaired) electrons. The van der Waals surface area contributed by atoms with Crippen molar-refractivity contribution in [3.05, 3.63) is 65.2 Å². The summed E-state index contributed by atoms with van der Waals surface area (Å²) in [5, 5.41) is 8.77.